The van der Waals surface area contributed by atoms with Gasteiger partial charge in [0, 0.05) is 42.2 Å². The Morgan fingerprint density at radius 1 is 1.15 bits per heavy atom. The van der Waals surface area contributed by atoms with Crippen molar-refractivity contribution in [3.05, 3.63) is 71.9 Å². The number of fused-ring (bicyclic) bond motifs is 1. The number of carbonyl (C=O) groups is 1. The topological polar surface area (TPSA) is 45.3 Å². The van der Waals surface area contributed by atoms with Crippen molar-refractivity contribution in [2.24, 2.45) is 0 Å². The highest BCUT2D eigenvalue weighted by atomic mass is 16.5. The molecule has 138 valence electrons. The number of aromatic amines is 1. The molecular weight excluding hydrogens is 336 g/mol. The monoisotopic (exact) mass is 360 g/mol. The van der Waals surface area contributed by atoms with E-state index in [1.54, 1.807) is 7.11 Å². The van der Waals surface area contributed by atoms with Crippen molar-refractivity contribution >= 4 is 22.4 Å². The van der Waals surface area contributed by atoms with E-state index in [9.17, 15) is 4.79 Å². The molecule has 3 aromatic rings. The van der Waals surface area contributed by atoms with Crippen LogP contribution in [0.2, 0.25) is 0 Å². The predicted octanol–water partition coefficient (Wildman–Crippen LogP) is 4.43. The Kier molecular flexibility index (Phi) is 4.97. The summed E-state index contributed by atoms with van der Waals surface area (Å²) in [5.41, 5.74) is 4.91. The molecule has 0 fully saturated rings. The van der Waals surface area contributed by atoms with Gasteiger partial charge in [-0.15, -0.1) is 0 Å². The molecule has 2 heterocycles. The first-order valence-electron chi connectivity index (χ1n) is 9.41. The van der Waals surface area contributed by atoms with E-state index in [1.165, 1.54) is 16.5 Å². The SMILES string of the molecule is COc1ccc(CCC(=O)N2CC=C(c3c[nH]c4ccccc34)CC2)cc1. The van der Waals surface area contributed by atoms with Crippen LogP contribution in [-0.2, 0) is 11.2 Å². The molecule has 2 aromatic carbocycles. The molecule has 0 radical (unpaired) electrons. The van der Waals surface area contributed by atoms with E-state index >= 15 is 0 Å². The molecule has 0 spiro atoms. The number of hydrogen-bond donors (Lipinski definition) is 1. The molecule has 0 bridgehead atoms. The average Bonchev–Trinajstić information content (AvgIpc) is 3.16. The van der Waals surface area contributed by atoms with Crippen LogP contribution >= 0.6 is 0 Å². The maximum Gasteiger partial charge on any atom is 0.223 e. The Labute approximate surface area is 159 Å². The quantitative estimate of drug-likeness (QED) is 0.732. The molecule has 1 aliphatic rings. The molecule has 1 amide bonds. The van der Waals surface area contributed by atoms with E-state index in [0.717, 1.165) is 36.2 Å². The van der Waals surface area contributed by atoms with E-state index in [2.05, 4.69) is 35.5 Å². The summed E-state index contributed by atoms with van der Waals surface area (Å²) in [7, 11) is 1.66. The number of aryl methyl sites for hydroxylation is 1. The molecule has 1 N–H and O–H groups in total. The summed E-state index contributed by atoms with van der Waals surface area (Å²) < 4.78 is 5.17. The molecule has 4 rings (SSSR count). The molecule has 4 nitrogen and oxygen atoms in total. The first-order chi connectivity index (χ1) is 13.2. The van der Waals surface area contributed by atoms with Crippen LogP contribution in [0.3, 0.4) is 0 Å². The first kappa shape index (κ1) is 17.4. The third kappa shape index (κ3) is 3.75. The van der Waals surface area contributed by atoms with E-state index in [0.29, 0.717) is 13.0 Å². The van der Waals surface area contributed by atoms with Crippen molar-refractivity contribution < 1.29 is 9.53 Å². The highest BCUT2D eigenvalue weighted by molar-refractivity contribution is 5.93. The minimum absolute atomic E-state index is 0.222. The summed E-state index contributed by atoms with van der Waals surface area (Å²) in [6.07, 6.45) is 6.49. The second-order valence-corrected chi connectivity index (χ2v) is 6.92. The van der Waals surface area contributed by atoms with Gasteiger partial charge in [-0.2, -0.15) is 0 Å². The number of benzene rings is 2. The highest BCUT2D eigenvalue weighted by Crippen LogP contribution is 2.29. The number of nitrogens with zero attached hydrogens (tertiary/aromatic N) is 1. The Morgan fingerprint density at radius 3 is 2.70 bits per heavy atom. The largest absolute Gasteiger partial charge is 0.497 e. The Bertz CT molecular complexity index is 969. The lowest BCUT2D eigenvalue weighted by molar-refractivity contribution is -0.130. The van der Waals surface area contributed by atoms with Crippen molar-refractivity contribution in [2.75, 3.05) is 20.2 Å². The van der Waals surface area contributed by atoms with Crippen molar-refractivity contribution in [2.45, 2.75) is 19.3 Å². The maximum absolute atomic E-state index is 12.6. The van der Waals surface area contributed by atoms with Crippen LogP contribution in [0.25, 0.3) is 16.5 Å². The molecule has 4 heteroatoms. The number of rotatable bonds is 5. The summed E-state index contributed by atoms with van der Waals surface area (Å²) in [5.74, 6) is 1.07. The van der Waals surface area contributed by atoms with Gasteiger partial charge in [0.1, 0.15) is 5.75 Å². The zero-order valence-corrected chi connectivity index (χ0v) is 15.6. The number of methoxy groups -OCH3 is 1. The Hall–Kier alpha value is -3.01. The molecule has 0 unspecified atom stereocenters. The van der Waals surface area contributed by atoms with Gasteiger partial charge in [-0.05, 0) is 42.2 Å². The lowest BCUT2D eigenvalue weighted by Crippen LogP contribution is -2.34. The van der Waals surface area contributed by atoms with Gasteiger partial charge in [-0.1, -0.05) is 36.4 Å². The van der Waals surface area contributed by atoms with E-state index in [1.807, 2.05) is 35.2 Å². The van der Waals surface area contributed by atoms with Gasteiger partial charge < -0.3 is 14.6 Å². The van der Waals surface area contributed by atoms with Crippen LogP contribution in [0.4, 0.5) is 0 Å². The van der Waals surface area contributed by atoms with Crippen LogP contribution in [0.5, 0.6) is 5.75 Å². The number of hydrogen-bond acceptors (Lipinski definition) is 2. The molecule has 0 aliphatic carbocycles. The van der Waals surface area contributed by atoms with Crippen LogP contribution in [0.15, 0.2) is 60.8 Å². The molecule has 0 atom stereocenters. The molecule has 1 aliphatic heterocycles. The predicted molar refractivity (Wildman–Crippen MR) is 109 cm³/mol. The van der Waals surface area contributed by atoms with Gasteiger partial charge in [0.25, 0.3) is 0 Å². The van der Waals surface area contributed by atoms with Gasteiger partial charge in [0.2, 0.25) is 5.91 Å². The first-order valence-corrected chi connectivity index (χ1v) is 9.41. The van der Waals surface area contributed by atoms with Gasteiger partial charge >= 0.3 is 0 Å². The molecular formula is C23H24N2O2. The molecule has 0 saturated heterocycles. The second kappa shape index (κ2) is 7.70. The smallest absolute Gasteiger partial charge is 0.223 e. The fourth-order valence-corrected chi connectivity index (χ4v) is 3.68. The number of nitrogens with one attached hydrogen (secondary N) is 1. The minimum Gasteiger partial charge on any atom is -0.497 e. The fourth-order valence-electron chi connectivity index (χ4n) is 3.68. The minimum atomic E-state index is 0.222. The average molecular weight is 360 g/mol. The van der Waals surface area contributed by atoms with E-state index < -0.39 is 0 Å². The number of carbonyl (C=O) groups excluding carboxylic acids is 1. The summed E-state index contributed by atoms with van der Waals surface area (Å²) in [6, 6.07) is 16.3. The van der Waals surface area contributed by atoms with Crippen molar-refractivity contribution in [3.63, 3.8) is 0 Å². The van der Waals surface area contributed by atoms with Crippen LogP contribution in [-0.4, -0.2) is 36.0 Å². The molecule has 1 aromatic heterocycles. The standard InChI is InChI=1S/C23H24N2O2/c1-27-19-9-6-17(7-10-19)8-11-23(26)25-14-12-18(13-15-25)21-16-24-22-5-3-2-4-20(21)22/h2-7,9-10,12,16,24H,8,11,13-15H2,1H3. The summed E-state index contributed by atoms with van der Waals surface area (Å²) in [6.45, 7) is 1.48. The lowest BCUT2D eigenvalue weighted by Gasteiger charge is -2.26. The van der Waals surface area contributed by atoms with Gasteiger partial charge in [0.05, 0.1) is 7.11 Å². The number of aromatic nitrogens is 1. The second-order valence-electron chi connectivity index (χ2n) is 6.92. The highest BCUT2D eigenvalue weighted by Gasteiger charge is 2.19. The molecule has 27 heavy (non-hydrogen) atoms. The lowest BCUT2D eigenvalue weighted by atomic mass is 9.98. The maximum atomic E-state index is 12.6. The molecule has 0 saturated carbocycles. The van der Waals surface area contributed by atoms with E-state index in [-0.39, 0.29) is 5.91 Å². The summed E-state index contributed by atoms with van der Waals surface area (Å²) in [5, 5.41) is 1.25. The number of H-pyrrole nitrogens is 1. The van der Waals surface area contributed by atoms with E-state index in [4.69, 9.17) is 4.74 Å². The third-order valence-electron chi connectivity index (χ3n) is 5.28. The zero-order valence-electron chi connectivity index (χ0n) is 15.6. The summed E-state index contributed by atoms with van der Waals surface area (Å²) >= 11 is 0. The van der Waals surface area contributed by atoms with Crippen molar-refractivity contribution in [3.8, 4) is 5.75 Å². The summed E-state index contributed by atoms with van der Waals surface area (Å²) in [4.78, 5) is 17.9. The zero-order chi connectivity index (χ0) is 18.6. The fraction of sp³-hybridized carbons (Fsp3) is 0.261. The van der Waals surface area contributed by atoms with Crippen LogP contribution in [0, 0.1) is 0 Å². The Morgan fingerprint density at radius 2 is 1.96 bits per heavy atom. The van der Waals surface area contributed by atoms with Crippen LogP contribution < -0.4 is 4.74 Å². The number of ether oxygens (including phenoxy) is 1. The normalized spacial score (nSPS) is 14.3. The Balaban J connectivity index is 1.37. The van der Waals surface area contributed by atoms with Crippen molar-refractivity contribution in [1.29, 1.82) is 0 Å². The number of amides is 1. The number of para-hydroxylation sites is 1. The third-order valence-corrected chi connectivity index (χ3v) is 5.28. The van der Waals surface area contributed by atoms with Crippen molar-refractivity contribution in [1.82, 2.24) is 9.88 Å². The van der Waals surface area contributed by atoms with Gasteiger partial charge in [0.15, 0.2) is 0 Å². The van der Waals surface area contributed by atoms with Gasteiger partial charge in [-0.3, -0.25) is 4.79 Å². The van der Waals surface area contributed by atoms with Crippen LogP contribution in [0.1, 0.15) is 24.0 Å². The van der Waals surface area contributed by atoms with Gasteiger partial charge in [-0.25, -0.2) is 0 Å².